The second-order valence-corrected chi connectivity index (χ2v) is 11.1. The number of carboxylic acids is 1. The maximum Gasteiger partial charge on any atom is 0.410 e. The predicted molar refractivity (Wildman–Crippen MR) is 172 cm³/mol. The van der Waals surface area contributed by atoms with E-state index in [4.69, 9.17) is 19.2 Å². The Morgan fingerprint density at radius 2 is 1.83 bits per heavy atom. The first-order chi connectivity index (χ1) is 22.4. The third kappa shape index (κ3) is 6.44. The summed E-state index contributed by atoms with van der Waals surface area (Å²) in [6, 6.07) is 21.9. The van der Waals surface area contributed by atoms with Crippen molar-refractivity contribution in [3.05, 3.63) is 108 Å². The molecular weight excluding hydrogens is 586 g/mol. The smallest absolute Gasteiger partial charge is 0.410 e. The Morgan fingerprint density at radius 3 is 2.57 bits per heavy atom. The highest BCUT2D eigenvalue weighted by atomic mass is 16.6. The van der Waals surface area contributed by atoms with E-state index in [0.717, 1.165) is 40.9 Å². The largest absolute Gasteiger partial charge is 0.497 e. The molecule has 2 aromatic heterocycles. The molecule has 5 aromatic rings. The quantitative estimate of drug-likeness (QED) is 0.186. The first-order valence-electron chi connectivity index (χ1n) is 15.1. The summed E-state index contributed by atoms with van der Waals surface area (Å²) in [5.74, 6) is 1.71. The fourth-order valence-corrected chi connectivity index (χ4v) is 5.79. The molecule has 11 heteroatoms. The van der Waals surface area contributed by atoms with Gasteiger partial charge in [-0.3, -0.25) is 4.40 Å². The number of carbonyl (C=O) groups excluding carboxylic acids is 1. The number of hydrogen-bond acceptors (Lipinski definition) is 8. The van der Waals surface area contributed by atoms with Crippen LogP contribution in [0.4, 0.5) is 10.6 Å². The highest BCUT2D eigenvalue weighted by Crippen LogP contribution is 2.35. The summed E-state index contributed by atoms with van der Waals surface area (Å²) in [6.07, 6.45) is 4.89. The lowest BCUT2D eigenvalue weighted by atomic mass is 9.97. The number of nitrogens with zero attached hydrogens (tertiary/aromatic N) is 4. The molecule has 1 atom stereocenters. The molecule has 0 bridgehead atoms. The minimum atomic E-state index is -0.999. The van der Waals surface area contributed by atoms with Gasteiger partial charge >= 0.3 is 12.1 Å². The molecule has 1 aliphatic rings. The third-order valence-corrected chi connectivity index (χ3v) is 8.18. The lowest BCUT2D eigenvalue weighted by Crippen LogP contribution is -2.39. The van der Waals surface area contributed by atoms with E-state index < -0.39 is 5.97 Å². The topological polar surface area (TPSA) is 128 Å². The van der Waals surface area contributed by atoms with E-state index in [1.54, 1.807) is 49.6 Å². The van der Waals surface area contributed by atoms with Crippen LogP contribution in [0.2, 0.25) is 0 Å². The van der Waals surface area contributed by atoms with Crippen LogP contribution in [0.3, 0.4) is 0 Å². The summed E-state index contributed by atoms with van der Waals surface area (Å²) in [5, 5.41) is 12.9. The van der Waals surface area contributed by atoms with E-state index in [0.29, 0.717) is 42.6 Å². The van der Waals surface area contributed by atoms with E-state index in [1.165, 1.54) is 0 Å². The molecular formula is C35H35N5O6. The molecule has 3 heterocycles. The van der Waals surface area contributed by atoms with Gasteiger partial charge in [-0.25, -0.2) is 19.6 Å². The number of imidazole rings is 1. The average molecular weight is 622 g/mol. The molecule has 1 aliphatic heterocycles. The molecule has 1 saturated heterocycles. The van der Waals surface area contributed by atoms with E-state index in [2.05, 4.69) is 10.3 Å². The number of carbonyl (C=O) groups is 2. The number of fused-ring (bicyclic) bond motifs is 1. The Bertz CT molecular complexity index is 1840. The van der Waals surface area contributed by atoms with Crippen LogP contribution in [0.1, 0.15) is 46.1 Å². The normalized spacial score (nSPS) is 14.6. The number of amides is 1. The van der Waals surface area contributed by atoms with Gasteiger partial charge in [-0.15, -0.1) is 0 Å². The molecule has 0 saturated carbocycles. The van der Waals surface area contributed by atoms with Crippen LogP contribution in [0, 0.1) is 0 Å². The van der Waals surface area contributed by atoms with Gasteiger partial charge in [0.25, 0.3) is 0 Å². The molecule has 236 valence electrons. The Hall–Kier alpha value is -5.58. The van der Waals surface area contributed by atoms with Gasteiger partial charge in [0, 0.05) is 55.1 Å². The number of methoxy groups -OCH3 is 2. The molecule has 2 N–H and O–H groups in total. The van der Waals surface area contributed by atoms with Crippen molar-refractivity contribution in [3.8, 4) is 22.8 Å². The Balaban J connectivity index is 1.33. The molecule has 0 spiro atoms. The standard InChI is InChI=1S/C35H35N5O6/c1-44-28-15-14-26(29(19-28)45-2)20-37-32-31-30(24-10-12-25(13-11-24)34(41)42)38-33(40(31)18-16-36-32)27-9-6-17-39(21-27)35(43)46-22-23-7-4-3-5-8-23/h3-5,7-8,10-16,18-19,27H,6,9,17,20-22H2,1-2H3,(H,36,37)(H,41,42). The molecule has 0 aliphatic carbocycles. The van der Waals surface area contributed by atoms with Crippen molar-refractivity contribution in [1.82, 2.24) is 19.3 Å². The van der Waals surface area contributed by atoms with Gasteiger partial charge in [0.1, 0.15) is 35.1 Å². The summed E-state index contributed by atoms with van der Waals surface area (Å²) < 4.78 is 18.6. The molecule has 1 unspecified atom stereocenters. The number of anilines is 1. The number of piperidine rings is 1. The van der Waals surface area contributed by atoms with Gasteiger partial charge in [0.15, 0.2) is 5.82 Å². The van der Waals surface area contributed by atoms with Crippen LogP contribution in [-0.2, 0) is 17.9 Å². The van der Waals surface area contributed by atoms with Gasteiger partial charge in [-0.05, 0) is 42.7 Å². The zero-order valence-electron chi connectivity index (χ0n) is 25.7. The van der Waals surface area contributed by atoms with Crippen LogP contribution < -0.4 is 14.8 Å². The predicted octanol–water partition coefficient (Wildman–Crippen LogP) is 6.24. The first kappa shape index (κ1) is 30.4. The fourth-order valence-electron chi connectivity index (χ4n) is 5.79. The Labute approximate surface area is 266 Å². The summed E-state index contributed by atoms with van der Waals surface area (Å²) >= 11 is 0. The molecule has 46 heavy (non-hydrogen) atoms. The van der Waals surface area contributed by atoms with E-state index in [1.807, 2.05) is 59.1 Å². The van der Waals surface area contributed by atoms with Crippen LogP contribution in [0.25, 0.3) is 16.8 Å². The first-order valence-corrected chi connectivity index (χ1v) is 15.1. The van der Waals surface area contributed by atoms with E-state index in [-0.39, 0.29) is 24.2 Å². The lowest BCUT2D eigenvalue weighted by molar-refractivity contribution is 0.0696. The van der Waals surface area contributed by atoms with Gasteiger partial charge in [-0.2, -0.15) is 0 Å². The number of aromatic nitrogens is 3. The monoisotopic (exact) mass is 621 g/mol. The second kappa shape index (κ2) is 13.6. The SMILES string of the molecule is COc1ccc(CNc2nccn3c(C4CCCN(C(=O)OCc5ccccc5)C4)nc(-c4ccc(C(=O)O)cc4)c23)c(OC)c1. The second-order valence-electron chi connectivity index (χ2n) is 11.1. The molecule has 0 radical (unpaired) electrons. The van der Waals surface area contributed by atoms with Crippen LogP contribution in [0.15, 0.2) is 85.2 Å². The van der Waals surface area contributed by atoms with Crippen molar-refractivity contribution in [2.45, 2.75) is 31.9 Å². The molecule has 6 rings (SSSR count). The maximum atomic E-state index is 13.1. The van der Waals surface area contributed by atoms with Crippen LogP contribution in [-0.4, -0.2) is 63.7 Å². The van der Waals surface area contributed by atoms with Crippen LogP contribution in [0.5, 0.6) is 11.5 Å². The number of nitrogens with one attached hydrogen (secondary N) is 1. The van der Waals surface area contributed by atoms with Crippen molar-refractivity contribution in [2.75, 3.05) is 32.6 Å². The number of carboxylic acid groups (broad SMARTS) is 1. The van der Waals surface area contributed by atoms with Gasteiger partial charge in [0.05, 0.1) is 19.8 Å². The lowest BCUT2D eigenvalue weighted by Gasteiger charge is -2.31. The van der Waals surface area contributed by atoms with Crippen molar-refractivity contribution < 1.29 is 28.9 Å². The number of hydrogen-bond donors (Lipinski definition) is 2. The highest BCUT2D eigenvalue weighted by Gasteiger charge is 2.30. The highest BCUT2D eigenvalue weighted by molar-refractivity contribution is 5.90. The zero-order chi connectivity index (χ0) is 32.0. The summed E-state index contributed by atoms with van der Waals surface area (Å²) in [5.41, 5.74) is 4.19. The van der Waals surface area contributed by atoms with Crippen molar-refractivity contribution in [3.63, 3.8) is 0 Å². The molecule has 1 fully saturated rings. The Kier molecular flexibility index (Phi) is 9.00. The number of likely N-dealkylation sites (tertiary alicyclic amines) is 1. The average Bonchev–Trinajstić information content (AvgIpc) is 3.50. The molecule has 11 nitrogen and oxygen atoms in total. The molecule has 3 aromatic carbocycles. The van der Waals surface area contributed by atoms with Crippen molar-refractivity contribution in [1.29, 1.82) is 0 Å². The van der Waals surface area contributed by atoms with Crippen molar-refractivity contribution in [2.24, 2.45) is 0 Å². The summed E-state index contributed by atoms with van der Waals surface area (Å²) in [7, 11) is 3.22. The van der Waals surface area contributed by atoms with Crippen molar-refractivity contribution >= 4 is 23.4 Å². The Morgan fingerprint density at radius 1 is 1.02 bits per heavy atom. The minimum Gasteiger partial charge on any atom is -0.497 e. The van der Waals surface area contributed by atoms with Gasteiger partial charge in [0.2, 0.25) is 0 Å². The van der Waals surface area contributed by atoms with E-state index in [9.17, 15) is 14.7 Å². The van der Waals surface area contributed by atoms with Crippen LogP contribution >= 0.6 is 0 Å². The third-order valence-electron chi connectivity index (χ3n) is 8.18. The minimum absolute atomic E-state index is 0.0606. The molecule has 1 amide bonds. The zero-order valence-corrected chi connectivity index (χ0v) is 25.7. The summed E-state index contributed by atoms with van der Waals surface area (Å²) in [4.78, 5) is 36.2. The van der Waals surface area contributed by atoms with Gasteiger partial charge < -0.3 is 29.5 Å². The number of benzene rings is 3. The number of aromatic carboxylic acids is 1. The fraction of sp³-hybridized carbons (Fsp3) is 0.257. The van der Waals surface area contributed by atoms with Gasteiger partial charge in [-0.1, -0.05) is 42.5 Å². The maximum absolute atomic E-state index is 13.1. The number of ether oxygens (including phenoxy) is 3. The number of rotatable bonds is 10. The van der Waals surface area contributed by atoms with E-state index >= 15 is 0 Å². The summed E-state index contributed by atoms with van der Waals surface area (Å²) in [6.45, 7) is 1.69.